The molecule has 2 aromatic heterocycles. The van der Waals surface area contributed by atoms with Gasteiger partial charge in [0.05, 0.1) is 53.3 Å². The number of carbonyl (C=O) groups excluding carboxylic acids is 5. The zero-order valence-corrected chi connectivity index (χ0v) is 52.6. The second kappa shape index (κ2) is 32.6. The van der Waals surface area contributed by atoms with E-state index in [-0.39, 0.29) is 38.9 Å². The summed E-state index contributed by atoms with van der Waals surface area (Å²) < 4.78 is 74.8. The van der Waals surface area contributed by atoms with Gasteiger partial charge in [0.1, 0.15) is 25.4 Å². The molecule has 26 nitrogen and oxygen atoms in total. The number of ether oxygens (including phenoxy) is 2. The summed E-state index contributed by atoms with van der Waals surface area (Å²) in [7, 11) is -8.23. The van der Waals surface area contributed by atoms with Gasteiger partial charge >= 0.3 is 23.6 Å². The maximum absolute atomic E-state index is 13.9. The molecule has 4 heterocycles. The van der Waals surface area contributed by atoms with Crippen LogP contribution < -0.4 is 61.7 Å². The van der Waals surface area contributed by atoms with Gasteiger partial charge in [-0.25, -0.2) is 26.0 Å². The Kier molecular flexibility index (Phi) is 24.4. The van der Waals surface area contributed by atoms with Crippen LogP contribution in [0.25, 0.3) is 0 Å². The third-order valence-electron chi connectivity index (χ3n) is 15.0. The maximum atomic E-state index is 13.9. The SMILES string of the molecule is Cc1ccc(S(=O)(=O)Nc2ccc(NNC(=O)C(=O)NCCCN3CCOCC3)cc2)c(C)c1NOCc1ccc[n+](CCCC[n+]2cccc(NC(=O)c3c(C)ccc(S(=O)(=O)Nc4ccc(NNC(=O)C(=O)NCCCN5CCOCC5)cc4)c3C)c2)c1. The number of aryl methyl sites for hydroxylation is 4. The Morgan fingerprint density at radius 1 is 0.522 bits per heavy atom. The standard InChI is InChI=1S/C62H78N14O12S2/c1-44-13-23-54(89(82,83)71-51-19-15-49(16-20-51)66-68-61(80)59(78)63-25-9-31-73-33-37-86-38-34-73)46(3)56(44)58(77)65-53-12-8-30-76(42-53)28-6-5-27-75-29-7-11-48(41-75)43-88-70-57-45(2)14-24-55(47(57)4)90(84,85)72-52-21-17-50(18-22-52)67-69-62(81)60(79)64-26-10-32-74-35-39-87-40-36-74/h7-8,11-24,29-30,41-42,70H,5-6,9-10,25-28,31-40,43H2,1-4H3,(H7-2,63,64,65,66,67,68,69,71,72,77,78,79,80,81)/p+2. The molecule has 0 aliphatic carbocycles. The summed E-state index contributed by atoms with van der Waals surface area (Å²) in [6.07, 6.45) is 10.7. The van der Waals surface area contributed by atoms with Crippen molar-refractivity contribution in [2.24, 2.45) is 0 Å². The topological polar surface area (TPSA) is 316 Å². The third kappa shape index (κ3) is 19.9. The Morgan fingerprint density at radius 3 is 1.51 bits per heavy atom. The normalized spacial score (nSPS) is 13.7. The van der Waals surface area contributed by atoms with E-state index in [0.29, 0.717) is 99.3 Å². The van der Waals surface area contributed by atoms with E-state index >= 15 is 0 Å². The van der Waals surface area contributed by atoms with Crippen LogP contribution in [-0.4, -0.2) is 135 Å². The van der Waals surface area contributed by atoms with Crippen LogP contribution in [-0.2, 0) is 73.2 Å². The van der Waals surface area contributed by atoms with Crippen molar-refractivity contribution in [1.82, 2.24) is 31.3 Å². The Labute approximate surface area is 524 Å². The van der Waals surface area contributed by atoms with Crippen LogP contribution in [0.3, 0.4) is 0 Å². The van der Waals surface area contributed by atoms with E-state index in [1.54, 1.807) is 51.1 Å². The molecule has 4 aromatic carbocycles. The summed E-state index contributed by atoms with van der Waals surface area (Å²) in [6, 6.07) is 25.9. The smallest absolute Gasteiger partial charge is 0.327 e. The number of pyridine rings is 2. The minimum absolute atomic E-state index is 0.0469. The Balaban J connectivity index is 0.748. The van der Waals surface area contributed by atoms with Crippen molar-refractivity contribution in [3.8, 4) is 0 Å². The third-order valence-corrected chi connectivity index (χ3v) is 18.0. The zero-order valence-electron chi connectivity index (χ0n) is 51.0. The molecule has 5 amide bonds. The number of aromatic nitrogens is 2. The highest BCUT2D eigenvalue weighted by atomic mass is 32.2. The molecular formula is C62H80N14O12S2+2. The van der Waals surface area contributed by atoms with Gasteiger partial charge in [-0.15, -0.1) is 0 Å². The second-order valence-electron chi connectivity index (χ2n) is 21.7. The van der Waals surface area contributed by atoms with Crippen LogP contribution in [0.5, 0.6) is 0 Å². The average Bonchev–Trinajstić information content (AvgIpc) is 1.10. The number of sulfonamides is 2. The van der Waals surface area contributed by atoms with E-state index in [2.05, 4.69) is 66.9 Å². The van der Waals surface area contributed by atoms with Gasteiger partial charge in [-0.1, -0.05) is 12.1 Å². The molecule has 0 saturated carbocycles. The van der Waals surface area contributed by atoms with E-state index in [1.165, 1.54) is 48.5 Å². The van der Waals surface area contributed by atoms with Gasteiger partial charge in [0.15, 0.2) is 24.8 Å². The van der Waals surface area contributed by atoms with Crippen LogP contribution in [0.2, 0.25) is 0 Å². The number of hydrazine groups is 2. The first-order valence-corrected chi connectivity index (χ1v) is 32.7. The molecule has 10 N–H and O–H groups in total. The zero-order chi connectivity index (χ0) is 64.0. The predicted molar refractivity (Wildman–Crippen MR) is 339 cm³/mol. The highest BCUT2D eigenvalue weighted by Crippen LogP contribution is 2.30. The van der Waals surface area contributed by atoms with Gasteiger partial charge in [0.25, 0.3) is 26.0 Å². The van der Waals surface area contributed by atoms with Crippen LogP contribution in [0.1, 0.15) is 63.9 Å². The Morgan fingerprint density at radius 2 is 0.989 bits per heavy atom. The lowest BCUT2D eigenvalue weighted by molar-refractivity contribution is -0.708. The molecule has 0 atom stereocenters. The quantitative estimate of drug-likeness (QED) is 0.0138. The highest BCUT2D eigenvalue weighted by Gasteiger charge is 2.25. The molecule has 480 valence electrons. The lowest BCUT2D eigenvalue weighted by Crippen LogP contribution is -2.43. The lowest BCUT2D eigenvalue weighted by Gasteiger charge is -2.26. The lowest BCUT2D eigenvalue weighted by atomic mass is 10.0. The van der Waals surface area contributed by atoms with Gasteiger partial charge in [0, 0.05) is 86.7 Å². The fourth-order valence-electron chi connectivity index (χ4n) is 10.1. The maximum Gasteiger partial charge on any atom is 0.327 e. The monoisotopic (exact) mass is 1280 g/mol. The van der Waals surface area contributed by atoms with Gasteiger partial charge < -0.3 is 25.4 Å². The fourth-order valence-corrected chi connectivity index (χ4v) is 12.7. The Hall–Kier alpha value is -8.77. The summed E-state index contributed by atoms with van der Waals surface area (Å²) in [6.45, 7) is 16.8. The first-order valence-electron chi connectivity index (χ1n) is 29.7. The molecular weight excluding hydrogens is 1200 g/mol. The average molecular weight is 1280 g/mol. The highest BCUT2D eigenvalue weighted by molar-refractivity contribution is 7.93. The second-order valence-corrected chi connectivity index (χ2v) is 25.0. The summed E-state index contributed by atoms with van der Waals surface area (Å²) in [5.41, 5.74) is 18.6. The molecule has 0 bridgehead atoms. The molecule has 2 aliphatic heterocycles. The van der Waals surface area contributed by atoms with Crippen molar-refractivity contribution < 1.29 is 64.3 Å². The first kappa shape index (κ1) is 67.2. The van der Waals surface area contributed by atoms with E-state index < -0.39 is 49.6 Å². The number of hydrogen-bond acceptors (Lipinski definition) is 17. The van der Waals surface area contributed by atoms with Crippen molar-refractivity contribution >= 4 is 83.7 Å². The van der Waals surface area contributed by atoms with Crippen LogP contribution in [0.4, 0.5) is 34.1 Å². The fraction of sp³-hybridized carbons (Fsp3) is 0.371. The van der Waals surface area contributed by atoms with Crippen LogP contribution in [0.15, 0.2) is 132 Å². The minimum atomic E-state index is -4.17. The number of amides is 5. The summed E-state index contributed by atoms with van der Waals surface area (Å²) in [5, 5.41) is 8.16. The van der Waals surface area contributed by atoms with Gasteiger partial charge in [-0.3, -0.25) is 75.2 Å². The van der Waals surface area contributed by atoms with Gasteiger partial charge in [-0.2, -0.15) is 0 Å². The molecule has 8 rings (SSSR count). The number of nitrogens with zero attached hydrogens (tertiary/aromatic N) is 4. The van der Waals surface area contributed by atoms with E-state index in [0.717, 1.165) is 63.2 Å². The molecule has 0 unspecified atom stereocenters. The van der Waals surface area contributed by atoms with E-state index in [9.17, 15) is 40.8 Å². The summed E-state index contributed by atoms with van der Waals surface area (Å²) >= 11 is 0. The number of benzene rings is 4. The molecule has 2 saturated heterocycles. The number of unbranched alkanes of at least 4 members (excludes halogenated alkanes) is 1. The van der Waals surface area contributed by atoms with E-state index in [4.69, 9.17) is 14.3 Å². The largest absolute Gasteiger partial charge is 0.379 e. The van der Waals surface area contributed by atoms with E-state index in [1.807, 2.05) is 54.5 Å². The molecule has 6 aromatic rings. The number of rotatable bonds is 29. The predicted octanol–water partition coefficient (Wildman–Crippen LogP) is 3.94. The van der Waals surface area contributed by atoms with Crippen LogP contribution in [0, 0.1) is 27.7 Å². The van der Waals surface area contributed by atoms with Gasteiger partial charge in [-0.05, 0) is 149 Å². The number of morpholine rings is 2. The number of carbonyl (C=O) groups is 5. The molecule has 0 spiro atoms. The van der Waals surface area contributed by atoms with Crippen molar-refractivity contribution in [2.45, 2.75) is 82.9 Å². The Bertz CT molecular complexity index is 3700. The summed E-state index contributed by atoms with van der Waals surface area (Å²) in [5.74, 6) is -3.76. The van der Waals surface area contributed by atoms with Crippen molar-refractivity contribution in [3.05, 3.63) is 155 Å². The first-order chi connectivity index (χ1) is 43.3. The summed E-state index contributed by atoms with van der Waals surface area (Å²) in [4.78, 5) is 73.5. The number of nitrogens with one attached hydrogen (secondary N) is 10. The molecule has 90 heavy (non-hydrogen) atoms. The number of anilines is 6. The number of hydrogen-bond donors (Lipinski definition) is 10. The molecule has 0 radical (unpaired) electrons. The van der Waals surface area contributed by atoms with Crippen molar-refractivity contribution in [3.63, 3.8) is 0 Å². The van der Waals surface area contributed by atoms with Crippen molar-refractivity contribution in [1.29, 1.82) is 0 Å². The molecule has 2 fully saturated rings. The molecule has 2 aliphatic rings. The minimum Gasteiger partial charge on any atom is -0.379 e. The van der Waals surface area contributed by atoms with Gasteiger partial charge in [0.2, 0.25) is 0 Å². The molecule has 28 heteroatoms. The van der Waals surface area contributed by atoms with Crippen molar-refractivity contribution in [2.75, 3.05) is 110 Å². The van der Waals surface area contributed by atoms with Crippen LogP contribution >= 0.6 is 0 Å².